The van der Waals surface area contributed by atoms with Gasteiger partial charge in [-0.2, -0.15) is 0 Å². The van der Waals surface area contributed by atoms with Gasteiger partial charge in [0.1, 0.15) is 11.9 Å². The molecule has 8 nitrogen and oxygen atoms in total. The molecular weight excluding hydrogens is 308 g/mol. The van der Waals surface area contributed by atoms with Gasteiger partial charge in [0.05, 0.1) is 25.0 Å². The van der Waals surface area contributed by atoms with Crippen molar-refractivity contribution in [3.8, 4) is 0 Å². The number of rotatable bonds is 4. The van der Waals surface area contributed by atoms with Crippen LogP contribution >= 0.6 is 0 Å². The SMILES string of the molecule is CS(=O)(=O)NCc1cn2c(n1)CN(C(=O)[C@H]1CCCO1)CC2. The predicted molar refractivity (Wildman–Crippen MR) is 78.3 cm³/mol. The highest BCUT2D eigenvalue weighted by molar-refractivity contribution is 7.88. The minimum atomic E-state index is -3.24. The van der Waals surface area contributed by atoms with E-state index in [2.05, 4.69) is 9.71 Å². The van der Waals surface area contributed by atoms with Crippen LogP contribution in [0.5, 0.6) is 0 Å². The molecule has 3 heterocycles. The summed E-state index contributed by atoms with van der Waals surface area (Å²) in [6.07, 6.45) is 4.35. The molecule has 0 saturated carbocycles. The van der Waals surface area contributed by atoms with Crippen LogP contribution in [0.15, 0.2) is 6.20 Å². The zero-order valence-electron chi connectivity index (χ0n) is 12.5. The van der Waals surface area contributed by atoms with Crippen LogP contribution < -0.4 is 4.72 Å². The van der Waals surface area contributed by atoms with Gasteiger partial charge in [0.2, 0.25) is 10.0 Å². The van der Waals surface area contributed by atoms with Gasteiger partial charge in [0, 0.05) is 25.9 Å². The fourth-order valence-electron chi connectivity index (χ4n) is 2.77. The maximum atomic E-state index is 12.3. The molecule has 122 valence electrons. The largest absolute Gasteiger partial charge is 0.368 e. The van der Waals surface area contributed by atoms with E-state index in [1.54, 1.807) is 4.90 Å². The third-order valence-electron chi connectivity index (χ3n) is 3.88. The molecule has 0 radical (unpaired) electrons. The van der Waals surface area contributed by atoms with Gasteiger partial charge in [-0.3, -0.25) is 4.79 Å². The fourth-order valence-corrected chi connectivity index (χ4v) is 3.18. The quantitative estimate of drug-likeness (QED) is 0.801. The van der Waals surface area contributed by atoms with E-state index in [1.807, 2.05) is 10.8 Å². The molecule has 1 N–H and O–H groups in total. The van der Waals surface area contributed by atoms with Crippen LogP contribution in [0.4, 0.5) is 0 Å². The van der Waals surface area contributed by atoms with E-state index in [4.69, 9.17) is 4.74 Å². The van der Waals surface area contributed by atoms with Crippen LogP contribution in [0.2, 0.25) is 0 Å². The standard InChI is InChI=1S/C13H20N4O4S/c1-22(19,20)14-7-10-8-16-4-5-17(9-12(16)15-10)13(18)11-3-2-6-21-11/h8,11,14H,2-7,9H2,1H3/t11-/m1/s1. The number of amides is 1. The topological polar surface area (TPSA) is 93.5 Å². The van der Waals surface area contributed by atoms with Gasteiger partial charge in [-0.1, -0.05) is 0 Å². The predicted octanol–water partition coefficient (Wildman–Crippen LogP) is -0.546. The average Bonchev–Trinajstić information content (AvgIpc) is 3.11. The second-order valence-corrected chi connectivity index (χ2v) is 7.53. The number of ether oxygens (including phenoxy) is 1. The molecule has 0 unspecified atom stereocenters. The van der Waals surface area contributed by atoms with Crippen molar-refractivity contribution in [3.05, 3.63) is 17.7 Å². The Hall–Kier alpha value is -1.45. The Morgan fingerprint density at radius 1 is 1.50 bits per heavy atom. The molecule has 0 spiro atoms. The van der Waals surface area contributed by atoms with E-state index in [0.717, 1.165) is 24.9 Å². The molecule has 0 aromatic carbocycles. The molecule has 9 heteroatoms. The third-order valence-corrected chi connectivity index (χ3v) is 4.55. The first kappa shape index (κ1) is 15.4. The summed E-state index contributed by atoms with van der Waals surface area (Å²) >= 11 is 0. The van der Waals surface area contributed by atoms with Gasteiger partial charge < -0.3 is 14.2 Å². The number of imidazole rings is 1. The molecule has 22 heavy (non-hydrogen) atoms. The van der Waals surface area contributed by atoms with E-state index in [1.165, 1.54) is 0 Å². The lowest BCUT2D eigenvalue weighted by molar-refractivity contribution is -0.142. The molecular formula is C13H20N4O4S. The van der Waals surface area contributed by atoms with Crippen molar-refractivity contribution < 1.29 is 17.9 Å². The van der Waals surface area contributed by atoms with Crippen LogP contribution in [0.25, 0.3) is 0 Å². The molecule has 1 atom stereocenters. The molecule has 1 saturated heterocycles. The first-order valence-electron chi connectivity index (χ1n) is 7.32. The highest BCUT2D eigenvalue weighted by Crippen LogP contribution is 2.19. The van der Waals surface area contributed by atoms with Crippen molar-refractivity contribution in [2.45, 2.75) is 38.6 Å². The fraction of sp³-hybridized carbons (Fsp3) is 0.692. The van der Waals surface area contributed by atoms with Crippen LogP contribution in [-0.4, -0.2) is 54.3 Å². The van der Waals surface area contributed by atoms with Crippen LogP contribution in [-0.2, 0) is 39.2 Å². The Labute approximate surface area is 129 Å². The minimum absolute atomic E-state index is 0.0301. The maximum absolute atomic E-state index is 12.3. The summed E-state index contributed by atoms with van der Waals surface area (Å²) in [5.41, 5.74) is 0.659. The number of nitrogens with one attached hydrogen (secondary N) is 1. The molecule has 0 aliphatic carbocycles. The lowest BCUT2D eigenvalue weighted by Crippen LogP contribution is -2.43. The molecule has 1 amide bonds. The summed E-state index contributed by atoms with van der Waals surface area (Å²) in [5, 5.41) is 0. The van der Waals surface area contributed by atoms with Crippen LogP contribution in [0.1, 0.15) is 24.4 Å². The van der Waals surface area contributed by atoms with Crippen molar-refractivity contribution in [3.63, 3.8) is 0 Å². The molecule has 0 bridgehead atoms. The maximum Gasteiger partial charge on any atom is 0.252 e. The van der Waals surface area contributed by atoms with E-state index in [9.17, 15) is 13.2 Å². The van der Waals surface area contributed by atoms with E-state index < -0.39 is 10.0 Å². The number of sulfonamides is 1. The number of hydrogen-bond donors (Lipinski definition) is 1. The second-order valence-electron chi connectivity index (χ2n) is 5.70. The first-order chi connectivity index (χ1) is 10.4. The Morgan fingerprint density at radius 3 is 3.00 bits per heavy atom. The lowest BCUT2D eigenvalue weighted by atomic mass is 10.2. The number of carbonyl (C=O) groups excluding carboxylic acids is 1. The minimum Gasteiger partial charge on any atom is -0.368 e. The van der Waals surface area contributed by atoms with Gasteiger partial charge in [0.15, 0.2) is 0 Å². The number of carbonyl (C=O) groups is 1. The highest BCUT2D eigenvalue weighted by atomic mass is 32.2. The van der Waals surface area contributed by atoms with Crippen molar-refractivity contribution in [1.82, 2.24) is 19.2 Å². The normalized spacial score (nSPS) is 21.9. The summed E-state index contributed by atoms with van der Waals surface area (Å²) in [6.45, 7) is 2.55. The van der Waals surface area contributed by atoms with E-state index >= 15 is 0 Å². The zero-order valence-corrected chi connectivity index (χ0v) is 13.3. The average molecular weight is 328 g/mol. The van der Waals surface area contributed by atoms with E-state index in [-0.39, 0.29) is 18.6 Å². The van der Waals surface area contributed by atoms with E-state index in [0.29, 0.717) is 31.9 Å². The lowest BCUT2D eigenvalue weighted by Gasteiger charge is -2.29. The molecule has 2 aliphatic heterocycles. The number of nitrogens with zero attached hydrogens (tertiary/aromatic N) is 3. The zero-order chi connectivity index (χ0) is 15.7. The van der Waals surface area contributed by atoms with Gasteiger partial charge in [-0.15, -0.1) is 0 Å². The summed E-state index contributed by atoms with van der Waals surface area (Å²) in [5.74, 6) is 0.811. The summed E-state index contributed by atoms with van der Waals surface area (Å²) < 4.78 is 32.1. The molecule has 1 aromatic heterocycles. The Kier molecular flexibility index (Phi) is 4.20. The van der Waals surface area contributed by atoms with Crippen molar-refractivity contribution in [2.75, 3.05) is 19.4 Å². The first-order valence-corrected chi connectivity index (χ1v) is 9.21. The van der Waals surface area contributed by atoms with Crippen LogP contribution in [0.3, 0.4) is 0 Å². The smallest absolute Gasteiger partial charge is 0.252 e. The number of hydrogen-bond acceptors (Lipinski definition) is 5. The monoisotopic (exact) mass is 328 g/mol. The van der Waals surface area contributed by atoms with Crippen molar-refractivity contribution >= 4 is 15.9 Å². The number of aromatic nitrogens is 2. The summed E-state index contributed by atoms with van der Waals surface area (Å²) in [7, 11) is -3.24. The van der Waals surface area contributed by atoms with Crippen LogP contribution in [0, 0.1) is 0 Å². The Morgan fingerprint density at radius 2 is 2.32 bits per heavy atom. The molecule has 1 fully saturated rings. The highest BCUT2D eigenvalue weighted by Gasteiger charge is 2.30. The Bertz CT molecular complexity index is 664. The third kappa shape index (κ3) is 3.47. The summed E-state index contributed by atoms with van der Waals surface area (Å²) in [4.78, 5) is 18.5. The Balaban J connectivity index is 1.65. The van der Waals surface area contributed by atoms with Gasteiger partial charge in [-0.25, -0.2) is 18.1 Å². The molecule has 2 aliphatic rings. The van der Waals surface area contributed by atoms with Crippen molar-refractivity contribution in [1.29, 1.82) is 0 Å². The molecule has 1 aromatic rings. The van der Waals surface area contributed by atoms with Crippen molar-refractivity contribution in [2.24, 2.45) is 0 Å². The van der Waals surface area contributed by atoms with Gasteiger partial charge in [-0.05, 0) is 12.8 Å². The summed E-state index contributed by atoms with van der Waals surface area (Å²) in [6, 6.07) is 0. The molecule has 3 rings (SSSR count). The van der Waals surface area contributed by atoms with Gasteiger partial charge in [0.25, 0.3) is 5.91 Å². The van der Waals surface area contributed by atoms with Gasteiger partial charge >= 0.3 is 0 Å². The number of fused-ring (bicyclic) bond motifs is 1. The second kappa shape index (κ2) is 5.98.